The van der Waals surface area contributed by atoms with E-state index in [1.165, 1.54) is 0 Å². The van der Waals surface area contributed by atoms with Gasteiger partial charge in [-0.25, -0.2) is 4.79 Å². The van der Waals surface area contributed by atoms with Crippen molar-refractivity contribution < 1.29 is 14.3 Å². The molecule has 2 nitrogen and oxygen atoms in total. The maximum Gasteiger partial charge on any atom is 0.340 e. The third-order valence-corrected chi connectivity index (χ3v) is 3.44. The number of carbonyl (C=O) groups is 1. The first kappa shape index (κ1) is 9.61. The van der Waals surface area contributed by atoms with Crippen LogP contribution in [0.3, 0.4) is 0 Å². The van der Waals surface area contributed by atoms with E-state index in [0.717, 1.165) is 11.3 Å². The van der Waals surface area contributed by atoms with E-state index in [1.807, 2.05) is 0 Å². The van der Waals surface area contributed by atoms with E-state index < -0.39 is 11.1 Å². The van der Waals surface area contributed by atoms with Crippen molar-refractivity contribution in [2.45, 2.75) is 0 Å². The van der Waals surface area contributed by atoms with Crippen LogP contribution in [0.25, 0.3) is 10.1 Å². The van der Waals surface area contributed by atoms with Crippen LogP contribution in [0.5, 0.6) is 0 Å². The highest BCUT2D eigenvalue weighted by Crippen LogP contribution is 2.34. The molecule has 2 aromatic rings. The molecule has 0 aliphatic heterocycles. The zero-order valence-corrected chi connectivity index (χ0v) is 9.15. The second kappa shape index (κ2) is 3.33. The van der Waals surface area contributed by atoms with Crippen LogP contribution in [0, 0.1) is 5.13 Å². The predicted molar refractivity (Wildman–Crippen MR) is 56.4 cm³/mol. The van der Waals surface area contributed by atoms with Gasteiger partial charge in [0.25, 0.3) is 0 Å². The van der Waals surface area contributed by atoms with Gasteiger partial charge in [-0.15, -0.1) is 11.3 Å². The number of carboxylic acids is 1. The molecule has 0 saturated heterocycles. The summed E-state index contributed by atoms with van der Waals surface area (Å²) in [4.78, 5) is 10.8. The van der Waals surface area contributed by atoms with E-state index >= 15 is 0 Å². The predicted octanol–water partition coefficient (Wildman–Crippen LogP) is 3.50. The van der Waals surface area contributed by atoms with E-state index in [9.17, 15) is 9.18 Å². The van der Waals surface area contributed by atoms with E-state index in [0.29, 0.717) is 14.6 Å². The van der Waals surface area contributed by atoms with Crippen LogP contribution in [-0.2, 0) is 0 Å². The summed E-state index contributed by atoms with van der Waals surface area (Å²) in [6.07, 6.45) is 0. The normalized spacial score (nSPS) is 10.7. The van der Waals surface area contributed by atoms with Gasteiger partial charge in [0.15, 0.2) is 5.13 Å². The molecular formula is C9H4BrFO2S. The van der Waals surface area contributed by atoms with Gasteiger partial charge in [-0.1, -0.05) is 22.0 Å². The van der Waals surface area contributed by atoms with Crippen LogP contribution >= 0.6 is 27.3 Å². The molecule has 0 bridgehead atoms. The molecule has 2 rings (SSSR count). The molecule has 0 radical (unpaired) electrons. The van der Waals surface area contributed by atoms with Crippen LogP contribution in [-0.4, -0.2) is 11.1 Å². The van der Waals surface area contributed by atoms with Crippen molar-refractivity contribution >= 4 is 43.3 Å². The van der Waals surface area contributed by atoms with Crippen LogP contribution in [0.1, 0.15) is 10.4 Å². The Balaban J connectivity index is 2.93. The number of carboxylic acid groups (broad SMARTS) is 1. The van der Waals surface area contributed by atoms with Gasteiger partial charge in [-0.3, -0.25) is 0 Å². The van der Waals surface area contributed by atoms with Gasteiger partial charge in [0.1, 0.15) is 5.56 Å². The number of benzene rings is 1. The Morgan fingerprint density at radius 1 is 1.50 bits per heavy atom. The fraction of sp³-hybridized carbons (Fsp3) is 0. The highest BCUT2D eigenvalue weighted by Gasteiger charge is 2.19. The fourth-order valence-electron chi connectivity index (χ4n) is 1.27. The van der Waals surface area contributed by atoms with Crippen molar-refractivity contribution in [1.82, 2.24) is 0 Å². The Morgan fingerprint density at radius 2 is 2.21 bits per heavy atom. The number of aromatic carboxylic acids is 1. The lowest BCUT2D eigenvalue weighted by atomic mass is 10.2. The Hall–Kier alpha value is -0.940. The summed E-state index contributed by atoms with van der Waals surface area (Å²) in [6, 6.07) is 5.13. The monoisotopic (exact) mass is 274 g/mol. The van der Waals surface area contributed by atoms with Gasteiger partial charge in [-0.05, 0) is 12.1 Å². The van der Waals surface area contributed by atoms with Crippen molar-refractivity contribution in [2.24, 2.45) is 0 Å². The molecule has 1 heterocycles. The van der Waals surface area contributed by atoms with Crippen LogP contribution in [0.15, 0.2) is 22.7 Å². The Bertz CT molecular complexity index is 521. The highest BCUT2D eigenvalue weighted by atomic mass is 79.9. The quantitative estimate of drug-likeness (QED) is 0.864. The molecule has 0 aliphatic carbocycles. The number of hydrogen-bond acceptors (Lipinski definition) is 2. The third kappa shape index (κ3) is 1.33. The van der Waals surface area contributed by atoms with Gasteiger partial charge in [0.2, 0.25) is 0 Å². The Kier molecular flexibility index (Phi) is 2.28. The van der Waals surface area contributed by atoms with Crippen molar-refractivity contribution in [2.75, 3.05) is 0 Å². The summed E-state index contributed by atoms with van der Waals surface area (Å²) in [5, 5.41) is 8.60. The van der Waals surface area contributed by atoms with Crippen molar-refractivity contribution in [1.29, 1.82) is 0 Å². The van der Waals surface area contributed by atoms with Crippen molar-refractivity contribution in [3.05, 3.63) is 33.4 Å². The average molecular weight is 275 g/mol. The van der Waals surface area contributed by atoms with Crippen LogP contribution in [0.2, 0.25) is 0 Å². The first-order chi connectivity index (χ1) is 6.61. The van der Waals surface area contributed by atoms with Gasteiger partial charge in [-0.2, -0.15) is 4.39 Å². The smallest absolute Gasteiger partial charge is 0.340 e. The van der Waals surface area contributed by atoms with E-state index in [4.69, 9.17) is 5.11 Å². The lowest BCUT2D eigenvalue weighted by molar-refractivity contribution is 0.0695. The van der Waals surface area contributed by atoms with Crippen LogP contribution < -0.4 is 0 Å². The summed E-state index contributed by atoms with van der Waals surface area (Å²) in [5.41, 5.74) is -0.252. The average Bonchev–Trinajstić information content (AvgIpc) is 2.42. The molecule has 1 N–H and O–H groups in total. The zero-order chi connectivity index (χ0) is 10.3. The second-order valence-electron chi connectivity index (χ2n) is 2.67. The molecule has 1 aromatic carbocycles. The molecule has 0 unspecified atom stereocenters. The molecule has 0 amide bonds. The topological polar surface area (TPSA) is 37.3 Å². The summed E-state index contributed by atoms with van der Waals surface area (Å²) in [5.74, 6) is -1.24. The maximum atomic E-state index is 13.3. The Morgan fingerprint density at radius 3 is 2.86 bits per heavy atom. The third-order valence-electron chi connectivity index (χ3n) is 1.84. The zero-order valence-electron chi connectivity index (χ0n) is 6.75. The lowest BCUT2D eigenvalue weighted by Gasteiger charge is -1.95. The number of rotatable bonds is 1. The molecule has 0 aliphatic rings. The highest BCUT2D eigenvalue weighted by molar-refractivity contribution is 9.10. The molecular weight excluding hydrogens is 271 g/mol. The summed E-state index contributed by atoms with van der Waals surface area (Å²) < 4.78 is 14.5. The minimum Gasteiger partial charge on any atom is -0.478 e. The molecule has 0 spiro atoms. The lowest BCUT2D eigenvalue weighted by Crippen LogP contribution is -1.97. The van der Waals surface area contributed by atoms with Crippen molar-refractivity contribution in [3.8, 4) is 0 Å². The van der Waals surface area contributed by atoms with E-state index in [1.54, 1.807) is 18.2 Å². The molecule has 72 valence electrons. The number of thiophene rings is 1. The standard InChI is InChI=1S/C9H4BrFO2S/c10-4-2-1-3-5-6(4)7(9(12)13)8(11)14-5/h1-3H,(H,12,13). The van der Waals surface area contributed by atoms with E-state index in [2.05, 4.69) is 15.9 Å². The first-order valence-electron chi connectivity index (χ1n) is 3.71. The van der Waals surface area contributed by atoms with Gasteiger partial charge >= 0.3 is 5.97 Å². The van der Waals surface area contributed by atoms with E-state index in [-0.39, 0.29) is 5.56 Å². The SMILES string of the molecule is O=C(O)c1c(F)sc2cccc(Br)c12. The van der Waals surface area contributed by atoms with Gasteiger partial charge < -0.3 is 5.11 Å². The number of halogens is 2. The van der Waals surface area contributed by atoms with Gasteiger partial charge in [0, 0.05) is 14.6 Å². The first-order valence-corrected chi connectivity index (χ1v) is 5.32. The molecule has 0 saturated carbocycles. The second-order valence-corrected chi connectivity index (χ2v) is 4.53. The largest absolute Gasteiger partial charge is 0.478 e. The molecule has 14 heavy (non-hydrogen) atoms. The van der Waals surface area contributed by atoms with Gasteiger partial charge in [0.05, 0.1) is 0 Å². The Labute approximate surface area is 91.1 Å². The van der Waals surface area contributed by atoms with Crippen molar-refractivity contribution in [3.63, 3.8) is 0 Å². The molecule has 5 heteroatoms. The minimum atomic E-state index is -1.24. The number of hydrogen-bond donors (Lipinski definition) is 1. The summed E-state index contributed by atoms with van der Waals surface area (Å²) >= 11 is 4.05. The fourth-order valence-corrected chi connectivity index (χ4v) is 2.91. The summed E-state index contributed by atoms with van der Waals surface area (Å²) in [6.45, 7) is 0. The number of fused-ring (bicyclic) bond motifs is 1. The molecule has 1 aromatic heterocycles. The molecule has 0 atom stereocenters. The maximum absolute atomic E-state index is 13.3. The van der Waals surface area contributed by atoms with Crippen LogP contribution in [0.4, 0.5) is 4.39 Å². The summed E-state index contributed by atoms with van der Waals surface area (Å²) in [7, 11) is 0. The molecule has 0 fully saturated rings. The minimum absolute atomic E-state index is 0.252.